The Balaban J connectivity index is 2.38. The van der Waals surface area contributed by atoms with E-state index in [2.05, 4.69) is 10.6 Å². The summed E-state index contributed by atoms with van der Waals surface area (Å²) in [4.78, 5) is 60.0. The van der Waals surface area contributed by atoms with Crippen LogP contribution in [0.25, 0.3) is 0 Å². The third kappa shape index (κ3) is 11.3. The number of aliphatic hydroxyl groups is 1. The van der Waals surface area contributed by atoms with E-state index in [0.717, 1.165) is 18.4 Å². The highest BCUT2D eigenvalue weighted by molar-refractivity contribution is 7.52. The molecule has 1 aliphatic rings. The molecule has 1 saturated heterocycles. The summed E-state index contributed by atoms with van der Waals surface area (Å²) in [6.45, 7) is 3.73. The third-order valence-electron chi connectivity index (χ3n) is 6.83. The van der Waals surface area contributed by atoms with Crippen molar-refractivity contribution in [1.82, 2.24) is 15.5 Å². The topological polar surface area (TPSA) is 166 Å². The largest absolute Gasteiger partial charge is 0.446 e. The first-order chi connectivity index (χ1) is 18.3. The van der Waals surface area contributed by atoms with Gasteiger partial charge in [0.05, 0.1) is 6.04 Å². The molecule has 3 amide bonds. The molecule has 0 radical (unpaired) electrons. The van der Waals surface area contributed by atoms with Gasteiger partial charge in [0, 0.05) is 26.4 Å². The van der Waals surface area contributed by atoms with Crippen LogP contribution in [0.4, 0.5) is 4.79 Å². The van der Waals surface area contributed by atoms with Crippen molar-refractivity contribution in [2.24, 2.45) is 11.8 Å². The standard InChI is InChI=1S/C27H44N3O8P/c1-18(2)15-22-24(31)28-23(26(33)39(35,36)37)17-20(25(32)30(3)4)13-9-6-10-14-21(38-27(34)29-22)16-19-11-7-5-8-12-19/h5,7-8,11-12,18,20-23,26,33H,6,9-10,13-17H2,1-4H3,(H,28,31)(H,29,34)(H2,35,36,37)/t20?,21?,22-,23-,26?/m0/s1. The van der Waals surface area contributed by atoms with Crippen LogP contribution in [0, 0.1) is 11.8 Å². The first-order valence-corrected chi connectivity index (χ1v) is 15.2. The number of carbonyl (C=O) groups excluding carboxylic acids is 3. The highest BCUT2D eigenvalue weighted by Gasteiger charge is 2.39. The van der Waals surface area contributed by atoms with Gasteiger partial charge in [-0.1, -0.05) is 57.0 Å². The van der Waals surface area contributed by atoms with Gasteiger partial charge in [0.25, 0.3) is 0 Å². The van der Waals surface area contributed by atoms with E-state index in [9.17, 15) is 33.8 Å². The Morgan fingerprint density at radius 2 is 1.72 bits per heavy atom. The van der Waals surface area contributed by atoms with E-state index in [1.54, 1.807) is 14.1 Å². The molecule has 0 saturated carbocycles. The lowest BCUT2D eigenvalue weighted by atomic mass is 9.91. The summed E-state index contributed by atoms with van der Waals surface area (Å²) in [6, 6.07) is 7.16. The van der Waals surface area contributed by atoms with E-state index in [1.165, 1.54) is 4.90 Å². The van der Waals surface area contributed by atoms with Crippen LogP contribution in [0.5, 0.6) is 0 Å². The quantitative estimate of drug-likeness (QED) is 0.313. The zero-order valence-electron chi connectivity index (χ0n) is 23.3. The molecule has 1 aromatic rings. The summed E-state index contributed by atoms with van der Waals surface area (Å²) in [5, 5.41) is 15.6. The highest BCUT2D eigenvalue weighted by atomic mass is 31.2. The van der Waals surface area contributed by atoms with Gasteiger partial charge in [0.2, 0.25) is 11.8 Å². The van der Waals surface area contributed by atoms with E-state index in [1.807, 2.05) is 44.2 Å². The zero-order chi connectivity index (χ0) is 29.2. The van der Waals surface area contributed by atoms with Crippen LogP contribution in [0.3, 0.4) is 0 Å². The number of alkyl carbamates (subject to hydrolysis) is 1. The Bertz CT molecular complexity index is 985. The normalized spacial score (nSPS) is 24.9. The van der Waals surface area contributed by atoms with Crippen molar-refractivity contribution in [1.29, 1.82) is 0 Å². The Kier molecular flexibility index (Phi) is 12.9. The molecular weight excluding hydrogens is 525 g/mol. The predicted octanol–water partition coefficient (Wildman–Crippen LogP) is 2.78. The van der Waals surface area contributed by atoms with E-state index >= 15 is 0 Å². The lowest BCUT2D eigenvalue weighted by molar-refractivity contribution is -0.134. The first-order valence-electron chi connectivity index (χ1n) is 13.5. The molecule has 220 valence electrons. The minimum Gasteiger partial charge on any atom is -0.446 e. The highest BCUT2D eigenvalue weighted by Crippen LogP contribution is 2.42. The number of amides is 3. The number of nitrogens with one attached hydrogen (secondary N) is 2. The maximum atomic E-state index is 13.3. The minimum absolute atomic E-state index is 0.0172. The molecule has 1 aromatic carbocycles. The maximum Gasteiger partial charge on any atom is 0.408 e. The molecule has 1 heterocycles. The molecule has 0 aliphatic carbocycles. The van der Waals surface area contributed by atoms with Crippen LogP contribution >= 0.6 is 7.60 Å². The average molecular weight is 570 g/mol. The van der Waals surface area contributed by atoms with Crippen molar-refractivity contribution in [3.8, 4) is 0 Å². The van der Waals surface area contributed by atoms with Gasteiger partial charge in [-0.15, -0.1) is 0 Å². The van der Waals surface area contributed by atoms with Crippen molar-refractivity contribution >= 4 is 25.5 Å². The molecule has 0 spiro atoms. The molecule has 39 heavy (non-hydrogen) atoms. The fourth-order valence-electron chi connectivity index (χ4n) is 4.84. The lowest BCUT2D eigenvalue weighted by Gasteiger charge is -2.31. The van der Waals surface area contributed by atoms with E-state index in [4.69, 9.17) is 4.74 Å². The molecule has 0 aromatic heterocycles. The zero-order valence-corrected chi connectivity index (χ0v) is 24.2. The van der Waals surface area contributed by atoms with Crippen molar-refractivity contribution in [3.05, 3.63) is 35.9 Å². The molecule has 12 heteroatoms. The molecule has 2 rings (SSSR count). The summed E-state index contributed by atoms with van der Waals surface area (Å²) in [6.07, 6.45) is 2.49. The molecule has 5 N–H and O–H groups in total. The number of nitrogens with zero attached hydrogens (tertiary/aromatic N) is 1. The van der Waals surface area contributed by atoms with E-state index in [0.29, 0.717) is 25.7 Å². The van der Waals surface area contributed by atoms with Gasteiger partial charge in [0.1, 0.15) is 12.1 Å². The Hall–Kier alpha value is -2.46. The third-order valence-corrected chi connectivity index (χ3v) is 7.88. The van der Waals surface area contributed by atoms with Crippen LogP contribution in [0.15, 0.2) is 30.3 Å². The Morgan fingerprint density at radius 3 is 2.31 bits per heavy atom. The van der Waals surface area contributed by atoms with Gasteiger partial charge in [0.15, 0.2) is 5.85 Å². The second kappa shape index (κ2) is 15.4. The first kappa shape index (κ1) is 32.8. The molecule has 1 aliphatic heterocycles. The average Bonchev–Trinajstić information content (AvgIpc) is 2.85. The maximum absolute atomic E-state index is 13.3. The van der Waals surface area contributed by atoms with Crippen molar-refractivity contribution in [2.45, 2.75) is 89.2 Å². The summed E-state index contributed by atoms with van der Waals surface area (Å²) >= 11 is 0. The molecule has 1 fully saturated rings. The van der Waals surface area contributed by atoms with Gasteiger partial charge in [-0.3, -0.25) is 14.2 Å². The summed E-state index contributed by atoms with van der Waals surface area (Å²) in [5.74, 6) is -3.88. The van der Waals surface area contributed by atoms with Gasteiger partial charge in [-0.2, -0.15) is 0 Å². The van der Waals surface area contributed by atoms with Crippen molar-refractivity contribution in [2.75, 3.05) is 14.1 Å². The molecule has 5 atom stereocenters. The van der Waals surface area contributed by atoms with Crippen LogP contribution in [0.2, 0.25) is 0 Å². The predicted molar refractivity (Wildman–Crippen MR) is 147 cm³/mol. The molecular formula is C27H44N3O8P. The number of carbonyl (C=O) groups is 3. The lowest BCUT2D eigenvalue weighted by Crippen LogP contribution is -2.54. The minimum atomic E-state index is -5.03. The van der Waals surface area contributed by atoms with E-state index < -0.39 is 49.5 Å². The van der Waals surface area contributed by atoms with Crippen molar-refractivity contribution < 1.29 is 38.6 Å². The van der Waals surface area contributed by atoms with Crippen LogP contribution in [-0.4, -0.2) is 75.8 Å². The Morgan fingerprint density at radius 1 is 1.08 bits per heavy atom. The second-order valence-corrected chi connectivity index (χ2v) is 12.7. The van der Waals surface area contributed by atoms with Crippen LogP contribution in [0.1, 0.15) is 64.4 Å². The summed E-state index contributed by atoms with van der Waals surface area (Å²) in [5.41, 5.74) is 1.01. The Labute approximate surface area is 230 Å². The number of benzene rings is 1. The fraction of sp³-hybridized carbons (Fsp3) is 0.667. The number of rotatable bonds is 7. The molecule has 0 bridgehead atoms. The van der Waals surface area contributed by atoms with E-state index in [-0.39, 0.29) is 24.7 Å². The van der Waals surface area contributed by atoms with Gasteiger partial charge < -0.3 is 35.2 Å². The monoisotopic (exact) mass is 569 g/mol. The molecule has 11 nitrogen and oxygen atoms in total. The van der Waals surface area contributed by atoms with Gasteiger partial charge in [-0.05, 0) is 43.6 Å². The van der Waals surface area contributed by atoms with Gasteiger partial charge in [-0.25, -0.2) is 4.79 Å². The van der Waals surface area contributed by atoms with Gasteiger partial charge >= 0.3 is 13.7 Å². The second-order valence-electron chi connectivity index (χ2n) is 11.0. The van der Waals surface area contributed by atoms with Crippen LogP contribution < -0.4 is 10.6 Å². The smallest absolute Gasteiger partial charge is 0.408 e. The number of hydrogen-bond donors (Lipinski definition) is 5. The fourth-order valence-corrected chi connectivity index (χ4v) is 5.50. The van der Waals surface area contributed by atoms with Crippen LogP contribution in [-0.2, 0) is 25.3 Å². The number of aliphatic hydroxyl groups excluding tert-OH is 1. The number of hydrogen-bond acceptors (Lipinski definition) is 6. The molecule has 3 unspecified atom stereocenters. The van der Waals surface area contributed by atoms with Crippen molar-refractivity contribution in [3.63, 3.8) is 0 Å². The number of ether oxygens (including phenoxy) is 1. The SMILES string of the molecule is CC(C)C[C@@H]1NC(=O)OC(Cc2ccccc2)CCCCCC(C(=O)N(C)C)C[C@@H](C(O)P(=O)(O)O)NC1=O. The number of cyclic esters (lactones) is 1. The summed E-state index contributed by atoms with van der Waals surface area (Å²) in [7, 11) is -1.85. The summed E-state index contributed by atoms with van der Waals surface area (Å²) < 4.78 is 17.7.